The van der Waals surface area contributed by atoms with Crippen molar-refractivity contribution in [2.24, 2.45) is 11.8 Å². The van der Waals surface area contributed by atoms with Gasteiger partial charge in [-0.1, -0.05) is 30.9 Å². The Balaban J connectivity index is 1.76. The SMILES string of the molecule is Cc1ccc(Br)c(C(=O)N2CCC3CCCCC3C2)c1. The number of halogens is 1. The third-order valence-electron chi connectivity index (χ3n) is 4.93. The molecule has 2 aliphatic rings. The summed E-state index contributed by atoms with van der Waals surface area (Å²) in [6.07, 6.45) is 6.61. The average molecular weight is 336 g/mol. The van der Waals surface area contributed by atoms with Gasteiger partial charge in [-0.3, -0.25) is 4.79 Å². The largest absolute Gasteiger partial charge is 0.338 e. The molecule has 1 aliphatic heterocycles. The molecule has 108 valence electrons. The number of aryl methyl sites for hydroxylation is 1. The lowest BCUT2D eigenvalue weighted by Crippen LogP contribution is -2.44. The summed E-state index contributed by atoms with van der Waals surface area (Å²) >= 11 is 3.52. The number of amides is 1. The molecule has 0 aromatic heterocycles. The third-order valence-corrected chi connectivity index (χ3v) is 5.62. The fourth-order valence-corrected chi connectivity index (χ4v) is 4.17. The zero-order valence-corrected chi connectivity index (χ0v) is 13.7. The van der Waals surface area contributed by atoms with Gasteiger partial charge in [0.2, 0.25) is 0 Å². The number of rotatable bonds is 1. The van der Waals surface area contributed by atoms with E-state index in [0.29, 0.717) is 0 Å². The monoisotopic (exact) mass is 335 g/mol. The molecule has 2 atom stereocenters. The van der Waals surface area contributed by atoms with Crippen LogP contribution in [-0.4, -0.2) is 23.9 Å². The zero-order valence-electron chi connectivity index (χ0n) is 12.1. The number of nitrogens with zero attached hydrogens (tertiary/aromatic N) is 1. The lowest BCUT2D eigenvalue weighted by Gasteiger charge is -2.41. The van der Waals surface area contributed by atoms with Gasteiger partial charge in [0.1, 0.15) is 0 Å². The summed E-state index contributed by atoms with van der Waals surface area (Å²) in [5.41, 5.74) is 1.96. The molecule has 1 saturated carbocycles. The first-order valence-corrected chi connectivity index (χ1v) is 8.50. The zero-order chi connectivity index (χ0) is 14.1. The van der Waals surface area contributed by atoms with Gasteiger partial charge >= 0.3 is 0 Å². The molecular weight excluding hydrogens is 314 g/mol. The van der Waals surface area contributed by atoms with Gasteiger partial charge in [0, 0.05) is 17.6 Å². The number of piperidine rings is 1. The van der Waals surface area contributed by atoms with Crippen molar-refractivity contribution in [2.75, 3.05) is 13.1 Å². The van der Waals surface area contributed by atoms with Crippen LogP contribution in [0.2, 0.25) is 0 Å². The highest BCUT2D eigenvalue weighted by atomic mass is 79.9. The van der Waals surface area contributed by atoms with E-state index in [1.807, 2.05) is 25.1 Å². The van der Waals surface area contributed by atoms with Crippen LogP contribution in [0.4, 0.5) is 0 Å². The van der Waals surface area contributed by atoms with Crippen molar-refractivity contribution in [1.29, 1.82) is 0 Å². The summed E-state index contributed by atoms with van der Waals surface area (Å²) in [5, 5.41) is 0. The minimum Gasteiger partial charge on any atom is -0.338 e. The number of hydrogen-bond donors (Lipinski definition) is 0. The van der Waals surface area contributed by atoms with E-state index >= 15 is 0 Å². The van der Waals surface area contributed by atoms with Crippen molar-refractivity contribution in [3.05, 3.63) is 33.8 Å². The minimum atomic E-state index is 0.199. The molecule has 1 heterocycles. The molecule has 1 amide bonds. The molecule has 2 unspecified atom stereocenters. The van der Waals surface area contributed by atoms with E-state index in [-0.39, 0.29) is 5.91 Å². The second-order valence-electron chi connectivity index (χ2n) is 6.33. The van der Waals surface area contributed by atoms with Gasteiger partial charge in [-0.2, -0.15) is 0 Å². The van der Waals surface area contributed by atoms with Crippen molar-refractivity contribution >= 4 is 21.8 Å². The van der Waals surface area contributed by atoms with E-state index in [0.717, 1.165) is 40.5 Å². The van der Waals surface area contributed by atoms with Gasteiger partial charge in [-0.15, -0.1) is 0 Å². The van der Waals surface area contributed by atoms with Gasteiger partial charge in [0.25, 0.3) is 5.91 Å². The summed E-state index contributed by atoms with van der Waals surface area (Å²) in [5.74, 6) is 1.81. The van der Waals surface area contributed by atoms with E-state index in [9.17, 15) is 4.79 Å². The van der Waals surface area contributed by atoms with Gasteiger partial charge in [0.05, 0.1) is 5.56 Å². The van der Waals surface area contributed by atoms with E-state index in [2.05, 4.69) is 20.8 Å². The van der Waals surface area contributed by atoms with Crippen molar-refractivity contribution in [3.8, 4) is 0 Å². The van der Waals surface area contributed by atoms with Crippen LogP contribution in [0, 0.1) is 18.8 Å². The minimum absolute atomic E-state index is 0.199. The lowest BCUT2D eigenvalue weighted by molar-refractivity contribution is 0.0520. The number of carbonyl (C=O) groups excluding carboxylic acids is 1. The molecule has 0 bridgehead atoms. The Morgan fingerprint density at radius 3 is 2.75 bits per heavy atom. The number of hydrogen-bond acceptors (Lipinski definition) is 1. The maximum Gasteiger partial charge on any atom is 0.255 e. The number of fused-ring (bicyclic) bond motifs is 1. The molecule has 1 saturated heterocycles. The summed E-state index contributed by atoms with van der Waals surface area (Å²) < 4.78 is 0.916. The Kier molecular flexibility index (Phi) is 4.16. The van der Waals surface area contributed by atoms with E-state index in [1.54, 1.807) is 0 Å². The normalized spacial score (nSPS) is 26.2. The summed E-state index contributed by atoms with van der Waals surface area (Å²) in [6, 6.07) is 6.02. The summed E-state index contributed by atoms with van der Waals surface area (Å²) in [7, 11) is 0. The van der Waals surface area contributed by atoms with Crippen LogP contribution in [-0.2, 0) is 0 Å². The lowest BCUT2D eigenvalue weighted by atomic mass is 9.75. The molecule has 1 aromatic rings. The van der Waals surface area contributed by atoms with Crippen molar-refractivity contribution in [2.45, 2.75) is 39.0 Å². The highest BCUT2D eigenvalue weighted by molar-refractivity contribution is 9.10. The molecule has 2 nitrogen and oxygen atoms in total. The molecule has 20 heavy (non-hydrogen) atoms. The predicted molar refractivity (Wildman–Crippen MR) is 84.8 cm³/mol. The molecule has 2 fully saturated rings. The molecule has 3 heteroatoms. The quantitative estimate of drug-likeness (QED) is 0.744. The van der Waals surface area contributed by atoms with Crippen LogP contribution in [0.15, 0.2) is 22.7 Å². The number of carbonyl (C=O) groups is 1. The smallest absolute Gasteiger partial charge is 0.255 e. The topological polar surface area (TPSA) is 20.3 Å². The molecule has 1 aromatic carbocycles. The standard InChI is InChI=1S/C17H22BrNO/c1-12-6-7-16(18)15(10-12)17(20)19-9-8-13-4-2-3-5-14(13)11-19/h6-7,10,13-14H,2-5,8-9,11H2,1H3. The number of likely N-dealkylation sites (tertiary alicyclic amines) is 1. The highest BCUT2D eigenvalue weighted by Gasteiger charge is 2.33. The molecule has 0 spiro atoms. The molecular formula is C17H22BrNO. The first-order chi connectivity index (χ1) is 9.65. The molecule has 0 radical (unpaired) electrons. The Labute approximate surface area is 129 Å². The van der Waals surface area contributed by atoms with Crippen molar-refractivity contribution < 1.29 is 4.79 Å². The second-order valence-corrected chi connectivity index (χ2v) is 7.18. The van der Waals surface area contributed by atoms with Gasteiger partial charge < -0.3 is 4.90 Å². The Morgan fingerprint density at radius 1 is 1.20 bits per heavy atom. The highest BCUT2D eigenvalue weighted by Crippen LogP contribution is 2.36. The van der Waals surface area contributed by atoms with Crippen molar-refractivity contribution in [1.82, 2.24) is 4.90 Å². The van der Waals surface area contributed by atoms with Crippen LogP contribution >= 0.6 is 15.9 Å². The molecule has 1 aliphatic carbocycles. The molecule has 3 rings (SSSR count). The van der Waals surface area contributed by atoms with Crippen LogP contribution in [0.1, 0.15) is 48.0 Å². The fraction of sp³-hybridized carbons (Fsp3) is 0.588. The van der Waals surface area contributed by atoms with E-state index < -0.39 is 0 Å². The summed E-state index contributed by atoms with van der Waals surface area (Å²) in [4.78, 5) is 14.8. The maximum absolute atomic E-state index is 12.7. The predicted octanol–water partition coefficient (Wildman–Crippen LogP) is 4.41. The maximum atomic E-state index is 12.7. The summed E-state index contributed by atoms with van der Waals surface area (Å²) in [6.45, 7) is 3.93. The number of benzene rings is 1. The Bertz CT molecular complexity index is 514. The van der Waals surface area contributed by atoms with Crippen LogP contribution < -0.4 is 0 Å². The fourth-order valence-electron chi connectivity index (χ4n) is 3.76. The first-order valence-electron chi connectivity index (χ1n) is 7.70. The van der Waals surface area contributed by atoms with Crippen molar-refractivity contribution in [3.63, 3.8) is 0 Å². The van der Waals surface area contributed by atoms with Crippen LogP contribution in [0.5, 0.6) is 0 Å². The van der Waals surface area contributed by atoms with Crippen LogP contribution in [0.3, 0.4) is 0 Å². The van der Waals surface area contributed by atoms with E-state index in [4.69, 9.17) is 0 Å². The average Bonchev–Trinajstić information content (AvgIpc) is 2.48. The van der Waals surface area contributed by atoms with Gasteiger partial charge in [0.15, 0.2) is 0 Å². The Morgan fingerprint density at radius 2 is 1.95 bits per heavy atom. The van der Waals surface area contributed by atoms with Crippen LogP contribution in [0.25, 0.3) is 0 Å². The van der Waals surface area contributed by atoms with Gasteiger partial charge in [-0.25, -0.2) is 0 Å². The third kappa shape index (κ3) is 2.78. The Hall–Kier alpha value is -0.830. The van der Waals surface area contributed by atoms with Gasteiger partial charge in [-0.05, 0) is 59.7 Å². The first kappa shape index (κ1) is 14.1. The van der Waals surface area contributed by atoms with E-state index in [1.165, 1.54) is 32.1 Å². The second kappa shape index (κ2) is 5.88. The molecule has 0 N–H and O–H groups in total.